The monoisotopic (exact) mass is 369 g/mol. The van der Waals surface area contributed by atoms with Crippen molar-refractivity contribution in [3.8, 4) is 0 Å². The minimum atomic E-state index is 0.589. The smallest absolute Gasteiger partial charge is 0.193 e. The lowest BCUT2D eigenvalue weighted by Crippen LogP contribution is -2.40. The number of benzene rings is 1. The molecule has 0 radical (unpaired) electrons. The fourth-order valence-corrected chi connectivity index (χ4v) is 3.80. The normalized spacial score (nSPS) is 17.6. The molecule has 6 nitrogen and oxygen atoms in total. The second-order valence-electron chi connectivity index (χ2n) is 7.25. The van der Waals surface area contributed by atoms with Gasteiger partial charge in [-0.1, -0.05) is 30.3 Å². The number of aryl methyl sites for hydroxylation is 1. The van der Waals surface area contributed by atoms with Crippen LogP contribution in [-0.4, -0.2) is 54.5 Å². The van der Waals surface area contributed by atoms with Gasteiger partial charge in [-0.25, -0.2) is 0 Å². The molecule has 1 fully saturated rings. The van der Waals surface area contributed by atoms with Crippen LogP contribution in [0.15, 0.2) is 35.3 Å². The van der Waals surface area contributed by atoms with E-state index >= 15 is 0 Å². The number of hydrogen-bond acceptors (Lipinski definition) is 3. The summed E-state index contributed by atoms with van der Waals surface area (Å²) >= 11 is 0. The van der Waals surface area contributed by atoms with Crippen LogP contribution in [0.25, 0.3) is 0 Å². The Kier molecular flexibility index (Phi) is 6.50. The molecule has 0 spiro atoms. The summed E-state index contributed by atoms with van der Waals surface area (Å²) in [5.41, 5.74) is 4.79. The molecule has 1 saturated heterocycles. The first-order valence-corrected chi connectivity index (χ1v) is 9.63. The maximum absolute atomic E-state index is 5.30. The molecular weight excluding hydrogens is 338 g/mol. The zero-order chi connectivity index (χ0) is 19.2. The molecule has 1 N–H and O–H groups in total. The van der Waals surface area contributed by atoms with Crippen LogP contribution >= 0.6 is 0 Å². The van der Waals surface area contributed by atoms with Crippen LogP contribution in [0.3, 0.4) is 0 Å². The van der Waals surface area contributed by atoms with Gasteiger partial charge in [0.25, 0.3) is 0 Å². The van der Waals surface area contributed by atoms with Crippen molar-refractivity contribution in [2.75, 3.05) is 33.9 Å². The highest BCUT2D eigenvalue weighted by atomic mass is 16.5. The predicted molar refractivity (Wildman–Crippen MR) is 109 cm³/mol. The Labute approximate surface area is 162 Å². The molecule has 1 unspecified atom stereocenters. The second-order valence-corrected chi connectivity index (χ2v) is 7.25. The van der Waals surface area contributed by atoms with Crippen molar-refractivity contribution >= 4 is 5.96 Å². The largest absolute Gasteiger partial charge is 0.384 e. The number of likely N-dealkylation sites (tertiary alicyclic amines) is 1. The number of ether oxygens (including phenoxy) is 1. The Morgan fingerprint density at radius 3 is 2.78 bits per heavy atom. The third-order valence-electron chi connectivity index (χ3n) is 5.33. The summed E-state index contributed by atoms with van der Waals surface area (Å²) < 4.78 is 7.39. The topological polar surface area (TPSA) is 54.7 Å². The van der Waals surface area contributed by atoms with Crippen molar-refractivity contribution < 1.29 is 4.74 Å². The van der Waals surface area contributed by atoms with E-state index in [0.717, 1.165) is 50.9 Å². The number of nitrogens with zero attached hydrogens (tertiary/aromatic N) is 4. The quantitative estimate of drug-likeness (QED) is 0.628. The highest BCUT2D eigenvalue weighted by Crippen LogP contribution is 2.18. The molecule has 1 aliphatic heterocycles. The van der Waals surface area contributed by atoms with E-state index in [4.69, 9.17) is 9.84 Å². The second kappa shape index (κ2) is 9.04. The molecule has 2 aromatic rings. The average Bonchev–Trinajstić information content (AvgIpc) is 3.23. The predicted octanol–water partition coefficient (Wildman–Crippen LogP) is 2.59. The van der Waals surface area contributed by atoms with E-state index in [1.54, 1.807) is 7.11 Å². The molecule has 0 bridgehead atoms. The van der Waals surface area contributed by atoms with E-state index in [1.165, 1.54) is 16.8 Å². The van der Waals surface area contributed by atoms with Gasteiger partial charge in [-0.3, -0.25) is 9.67 Å². The average molecular weight is 370 g/mol. The Morgan fingerprint density at radius 2 is 2.07 bits per heavy atom. The standard InChI is InChI=1S/C21H31N5O/c1-16-20(17(2)26(24-16)14-18-8-6-5-7-9-18)12-23-21(22-3)25-11-10-19(13-25)15-27-4/h5-9,19H,10-15H2,1-4H3,(H,22,23). The number of hydrogen-bond donors (Lipinski definition) is 1. The zero-order valence-electron chi connectivity index (χ0n) is 16.9. The van der Waals surface area contributed by atoms with Crippen molar-refractivity contribution in [1.82, 2.24) is 20.0 Å². The molecule has 3 rings (SSSR count). The minimum Gasteiger partial charge on any atom is -0.384 e. The molecule has 1 aliphatic rings. The van der Waals surface area contributed by atoms with Crippen LogP contribution in [-0.2, 0) is 17.8 Å². The van der Waals surface area contributed by atoms with Gasteiger partial charge in [-0.05, 0) is 25.8 Å². The summed E-state index contributed by atoms with van der Waals surface area (Å²) in [5, 5.41) is 8.28. The highest BCUT2D eigenvalue weighted by Gasteiger charge is 2.25. The van der Waals surface area contributed by atoms with Gasteiger partial charge in [0.2, 0.25) is 0 Å². The molecule has 2 heterocycles. The number of methoxy groups -OCH3 is 1. The SMILES string of the molecule is CN=C(NCc1c(C)nn(Cc2ccccc2)c1C)N1CCC(COC)C1. The molecule has 6 heteroatoms. The van der Waals surface area contributed by atoms with E-state index < -0.39 is 0 Å². The third kappa shape index (κ3) is 4.69. The van der Waals surface area contributed by atoms with Crippen LogP contribution in [0.4, 0.5) is 0 Å². The molecule has 1 aromatic heterocycles. The van der Waals surface area contributed by atoms with Gasteiger partial charge in [0, 0.05) is 51.0 Å². The van der Waals surface area contributed by atoms with Gasteiger partial charge in [0.15, 0.2) is 5.96 Å². The fraction of sp³-hybridized carbons (Fsp3) is 0.524. The van der Waals surface area contributed by atoms with E-state index in [9.17, 15) is 0 Å². The van der Waals surface area contributed by atoms with Gasteiger partial charge >= 0.3 is 0 Å². The van der Waals surface area contributed by atoms with Crippen LogP contribution in [0.1, 0.15) is 28.9 Å². The highest BCUT2D eigenvalue weighted by molar-refractivity contribution is 5.80. The van der Waals surface area contributed by atoms with Crippen LogP contribution in [0.5, 0.6) is 0 Å². The van der Waals surface area contributed by atoms with Crippen molar-refractivity contribution in [2.45, 2.75) is 33.4 Å². The fourth-order valence-electron chi connectivity index (χ4n) is 3.80. The summed E-state index contributed by atoms with van der Waals surface area (Å²) in [6.07, 6.45) is 1.15. The van der Waals surface area contributed by atoms with Crippen molar-refractivity contribution in [3.63, 3.8) is 0 Å². The van der Waals surface area contributed by atoms with Gasteiger partial charge in [-0.15, -0.1) is 0 Å². The Balaban J connectivity index is 1.63. The number of guanidine groups is 1. The molecule has 1 aromatic carbocycles. The summed E-state index contributed by atoms with van der Waals surface area (Å²) in [6.45, 7) is 8.61. The van der Waals surface area contributed by atoms with E-state index in [0.29, 0.717) is 5.92 Å². The number of aromatic nitrogens is 2. The molecular formula is C21H31N5O. The van der Waals surface area contributed by atoms with E-state index in [-0.39, 0.29) is 0 Å². The summed E-state index contributed by atoms with van der Waals surface area (Å²) in [6, 6.07) is 10.5. The van der Waals surface area contributed by atoms with Crippen molar-refractivity contribution in [3.05, 3.63) is 52.8 Å². The summed E-state index contributed by atoms with van der Waals surface area (Å²) in [5.74, 6) is 1.55. The number of rotatable bonds is 6. The lowest BCUT2D eigenvalue weighted by Gasteiger charge is -2.21. The van der Waals surface area contributed by atoms with Crippen LogP contribution < -0.4 is 5.32 Å². The van der Waals surface area contributed by atoms with Crippen molar-refractivity contribution in [2.24, 2.45) is 10.9 Å². The molecule has 1 atom stereocenters. The zero-order valence-corrected chi connectivity index (χ0v) is 16.9. The van der Waals surface area contributed by atoms with Gasteiger partial charge in [-0.2, -0.15) is 5.10 Å². The Bertz CT molecular complexity index is 768. The lowest BCUT2D eigenvalue weighted by atomic mass is 10.1. The van der Waals surface area contributed by atoms with Gasteiger partial charge < -0.3 is 15.0 Å². The summed E-state index contributed by atoms with van der Waals surface area (Å²) in [7, 11) is 3.62. The first kappa shape index (κ1) is 19.4. The third-order valence-corrected chi connectivity index (χ3v) is 5.33. The number of nitrogens with one attached hydrogen (secondary N) is 1. The Hall–Kier alpha value is -2.34. The number of aliphatic imine (C=N–C) groups is 1. The maximum Gasteiger partial charge on any atom is 0.193 e. The van der Waals surface area contributed by atoms with Crippen molar-refractivity contribution in [1.29, 1.82) is 0 Å². The Morgan fingerprint density at radius 1 is 1.30 bits per heavy atom. The maximum atomic E-state index is 5.30. The van der Waals surface area contributed by atoms with Crippen LogP contribution in [0, 0.1) is 19.8 Å². The van der Waals surface area contributed by atoms with Crippen LogP contribution in [0.2, 0.25) is 0 Å². The molecule has 146 valence electrons. The lowest BCUT2D eigenvalue weighted by molar-refractivity contribution is 0.157. The summed E-state index contributed by atoms with van der Waals surface area (Å²) in [4.78, 5) is 6.80. The first-order chi connectivity index (χ1) is 13.1. The minimum absolute atomic E-state index is 0.589. The molecule has 0 saturated carbocycles. The molecule has 27 heavy (non-hydrogen) atoms. The molecule has 0 amide bonds. The van der Waals surface area contributed by atoms with Gasteiger partial charge in [0.1, 0.15) is 0 Å². The first-order valence-electron chi connectivity index (χ1n) is 9.63. The van der Waals surface area contributed by atoms with E-state index in [2.05, 4.69) is 58.0 Å². The van der Waals surface area contributed by atoms with Gasteiger partial charge in [0.05, 0.1) is 18.8 Å². The van der Waals surface area contributed by atoms with E-state index in [1.807, 2.05) is 13.1 Å². The molecule has 0 aliphatic carbocycles.